The van der Waals surface area contributed by atoms with Crippen molar-refractivity contribution < 1.29 is 23.0 Å². The summed E-state index contributed by atoms with van der Waals surface area (Å²) in [5.74, 6) is -1.19. The fourth-order valence-corrected chi connectivity index (χ4v) is 3.44. The number of amides is 1. The van der Waals surface area contributed by atoms with Gasteiger partial charge in [0.2, 0.25) is 12.7 Å². The molecule has 0 bridgehead atoms. The highest BCUT2D eigenvalue weighted by molar-refractivity contribution is 5.79. The van der Waals surface area contributed by atoms with Crippen LogP contribution < -0.4 is 9.47 Å². The molecule has 1 saturated carbocycles. The van der Waals surface area contributed by atoms with Crippen LogP contribution in [0.15, 0.2) is 18.2 Å². The molecule has 1 saturated heterocycles. The molecule has 1 aromatic rings. The molecule has 118 valence electrons. The zero-order chi connectivity index (χ0) is 15.4. The molecule has 0 radical (unpaired) electrons. The van der Waals surface area contributed by atoms with Gasteiger partial charge in [0, 0.05) is 24.9 Å². The summed E-state index contributed by atoms with van der Waals surface area (Å²) in [6.45, 7) is 1.06. The molecular formula is C16H17F2NO3. The first-order valence-corrected chi connectivity index (χ1v) is 7.53. The van der Waals surface area contributed by atoms with Crippen LogP contribution in [-0.2, 0) is 11.2 Å². The number of halogens is 2. The number of likely N-dealkylation sites (tertiary alicyclic amines) is 1. The number of hydrogen-bond donors (Lipinski definition) is 0. The van der Waals surface area contributed by atoms with E-state index in [0.717, 1.165) is 5.56 Å². The molecule has 22 heavy (non-hydrogen) atoms. The lowest BCUT2D eigenvalue weighted by atomic mass is 9.92. The quantitative estimate of drug-likeness (QED) is 0.843. The number of carbonyl (C=O) groups is 1. The van der Waals surface area contributed by atoms with E-state index in [1.807, 2.05) is 6.07 Å². The Labute approximate surface area is 127 Å². The highest BCUT2D eigenvalue weighted by atomic mass is 19.3. The first-order chi connectivity index (χ1) is 10.5. The molecule has 6 heteroatoms. The summed E-state index contributed by atoms with van der Waals surface area (Å²) in [6.07, 6.45) is 1.07. The average molecular weight is 309 g/mol. The standard InChI is InChI=1S/C16H17F2NO3/c17-16(18)9-15(16)3-5-19(6-4-15)14(20)8-11-1-2-12-13(7-11)22-10-21-12/h1-2,7H,3-6,8-10H2. The molecule has 0 unspecified atom stereocenters. The van der Waals surface area contributed by atoms with Crippen LogP contribution in [0.3, 0.4) is 0 Å². The third-order valence-corrected chi connectivity index (χ3v) is 5.08. The Bertz CT molecular complexity index is 624. The second-order valence-corrected chi connectivity index (χ2v) is 6.41. The third-order valence-electron chi connectivity index (χ3n) is 5.08. The Balaban J connectivity index is 1.37. The number of nitrogens with zero attached hydrogens (tertiary/aromatic N) is 1. The zero-order valence-electron chi connectivity index (χ0n) is 12.1. The second kappa shape index (κ2) is 4.57. The van der Waals surface area contributed by atoms with E-state index in [2.05, 4.69) is 0 Å². The third kappa shape index (κ3) is 2.12. The summed E-state index contributed by atoms with van der Waals surface area (Å²) in [6, 6.07) is 5.44. The molecule has 0 N–H and O–H groups in total. The van der Waals surface area contributed by atoms with Gasteiger partial charge in [0.15, 0.2) is 11.5 Å². The summed E-state index contributed by atoms with van der Waals surface area (Å²) in [7, 11) is 0. The Morgan fingerprint density at radius 3 is 2.55 bits per heavy atom. The minimum absolute atomic E-state index is 0.00973. The van der Waals surface area contributed by atoms with Crippen LogP contribution in [0.25, 0.3) is 0 Å². The van der Waals surface area contributed by atoms with Gasteiger partial charge in [0.05, 0.1) is 6.42 Å². The van der Waals surface area contributed by atoms with Crippen LogP contribution in [0.5, 0.6) is 11.5 Å². The highest BCUT2D eigenvalue weighted by Crippen LogP contribution is 2.65. The van der Waals surface area contributed by atoms with E-state index >= 15 is 0 Å². The maximum atomic E-state index is 13.3. The smallest absolute Gasteiger partial charge is 0.254 e. The number of ether oxygens (including phenoxy) is 2. The summed E-state index contributed by atoms with van der Waals surface area (Å²) in [5, 5.41) is 0. The van der Waals surface area contributed by atoms with Crippen LogP contribution >= 0.6 is 0 Å². The van der Waals surface area contributed by atoms with Gasteiger partial charge in [-0.3, -0.25) is 4.79 Å². The Hall–Kier alpha value is -1.85. The molecule has 2 fully saturated rings. The van der Waals surface area contributed by atoms with Gasteiger partial charge in [-0.2, -0.15) is 0 Å². The largest absolute Gasteiger partial charge is 0.454 e. The summed E-state index contributed by atoms with van der Waals surface area (Å²) in [4.78, 5) is 14.0. The van der Waals surface area contributed by atoms with E-state index in [-0.39, 0.29) is 25.5 Å². The second-order valence-electron chi connectivity index (χ2n) is 6.41. The fourth-order valence-electron chi connectivity index (χ4n) is 3.44. The molecule has 2 aliphatic heterocycles. The molecule has 0 aromatic heterocycles. The Morgan fingerprint density at radius 2 is 1.86 bits per heavy atom. The van der Waals surface area contributed by atoms with E-state index in [9.17, 15) is 13.6 Å². The van der Waals surface area contributed by atoms with Crippen molar-refractivity contribution in [2.45, 2.75) is 31.6 Å². The van der Waals surface area contributed by atoms with Crippen LogP contribution in [-0.4, -0.2) is 36.6 Å². The van der Waals surface area contributed by atoms with Crippen LogP contribution in [0.2, 0.25) is 0 Å². The van der Waals surface area contributed by atoms with Gasteiger partial charge in [-0.25, -0.2) is 8.78 Å². The van der Waals surface area contributed by atoms with E-state index in [4.69, 9.17) is 9.47 Å². The van der Waals surface area contributed by atoms with E-state index < -0.39 is 11.3 Å². The number of benzene rings is 1. The van der Waals surface area contributed by atoms with Crippen molar-refractivity contribution >= 4 is 5.91 Å². The fraction of sp³-hybridized carbons (Fsp3) is 0.562. The van der Waals surface area contributed by atoms with Gasteiger partial charge in [0.1, 0.15) is 0 Å². The SMILES string of the molecule is O=C(Cc1ccc2c(c1)OCO2)N1CCC2(CC1)CC2(F)F. The Morgan fingerprint density at radius 1 is 1.18 bits per heavy atom. The van der Waals surface area contributed by atoms with Crippen molar-refractivity contribution in [1.82, 2.24) is 4.90 Å². The summed E-state index contributed by atoms with van der Waals surface area (Å²) in [5.41, 5.74) is 0.0361. The van der Waals surface area contributed by atoms with Crippen molar-refractivity contribution in [1.29, 1.82) is 0 Å². The summed E-state index contributed by atoms with van der Waals surface area (Å²) >= 11 is 0. The molecule has 2 heterocycles. The predicted molar refractivity (Wildman–Crippen MR) is 74.1 cm³/mol. The average Bonchev–Trinajstić information content (AvgIpc) is 2.86. The normalized spacial score (nSPS) is 23.6. The molecule has 1 spiro atoms. The molecule has 0 atom stereocenters. The van der Waals surface area contributed by atoms with Gasteiger partial charge in [-0.1, -0.05) is 6.07 Å². The summed E-state index contributed by atoms with van der Waals surface area (Å²) < 4.78 is 37.2. The molecule has 1 aromatic carbocycles. The van der Waals surface area contributed by atoms with Gasteiger partial charge < -0.3 is 14.4 Å². The number of rotatable bonds is 2. The lowest BCUT2D eigenvalue weighted by Gasteiger charge is -2.32. The highest BCUT2D eigenvalue weighted by Gasteiger charge is 2.70. The topological polar surface area (TPSA) is 38.8 Å². The lowest BCUT2D eigenvalue weighted by molar-refractivity contribution is -0.132. The maximum Gasteiger partial charge on any atom is 0.254 e. The first-order valence-electron chi connectivity index (χ1n) is 7.53. The molecule has 1 aliphatic carbocycles. The van der Waals surface area contributed by atoms with Crippen molar-refractivity contribution in [3.8, 4) is 11.5 Å². The van der Waals surface area contributed by atoms with Crippen LogP contribution in [0.4, 0.5) is 8.78 Å². The molecule has 1 amide bonds. The number of alkyl halides is 2. The molecule has 4 nitrogen and oxygen atoms in total. The monoisotopic (exact) mass is 309 g/mol. The van der Waals surface area contributed by atoms with Gasteiger partial charge in [-0.05, 0) is 30.5 Å². The van der Waals surface area contributed by atoms with E-state index in [0.29, 0.717) is 37.4 Å². The van der Waals surface area contributed by atoms with Crippen molar-refractivity contribution in [2.75, 3.05) is 19.9 Å². The first kappa shape index (κ1) is 13.8. The number of carbonyl (C=O) groups excluding carboxylic acids is 1. The zero-order valence-corrected chi connectivity index (χ0v) is 12.1. The van der Waals surface area contributed by atoms with Crippen molar-refractivity contribution in [3.05, 3.63) is 23.8 Å². The maximum absolute atomic E-state index is 13.3. The Kier molecular flexibility index (Phi) is 2.86. The van der Waals surface area contributed by atoms with Gasteiger partial charge >= 0.3 is 0 Å². The minimum atomic E-state index is -2.51. The molecule has 3 aliphatic rings. The molecule has 4 rings (SSSR count). The molecular weight excluding hydrogens is 292 g/mol. The van der Waals surface area contributed by atoms with Gasteiger partial charge in [0.25, 0.3) is 5.92 Å². The van der Waals surface area contributed by atoms with Crippen LogP contribution in [0, 0.1) is 5.41 Å². The van der Waals surface area contributed by atoms with Crippen LogP contribution in [0.1, 0.15) is 24.8 Å². The number of piperidine rings is 1. The van der Waals surface area contributed by atoms with E-state index in [1.54, 1.807) is 17.0 Å². The predicted octanol–water partition coefficient (Wildman–Crippen LogP) is 2.61. The number of fused-ring (bicyclic) bond motifs is 1. The van der Waals surface area contributed by atoms with Crippen molar-refractivity contribution in [3.63, 3.8) is 0 Å². The van der Waals surface area contributed by atoms with E-state index in [1.165, 1.54) is 0 Å². The minimum Gasteiger partial charge on any atom is -0.454 e. The lowest BCUT2D eigenvalue weighted by Crippen LogP contribution is -2.41. The van der Waals surface area contributed by atoms with Crippen molar-refractivity contribution in [2.24, 2.45) is 5.41 Å². The number of hydrogen-bond acceptors (Lipinski definition) is 3. The van der Waals surface area contributed by atoms with Gasteiger partial charge in [-0.15, -0.1) is 0 Å².